The zero-order chi connectivity index (χ0) is 15.2. The van der Waals surface area contributed by atoms with Crippen molar-refractivity contribution >= 4 is 10.0 Å². The first-order chi connectivity index (χ1) is 9.40. The highest BCUT2D eigenvalue weighted by Gasteiger charge is 2.18. The number of nitrogens with one attached hydrogen (secondary N) is 1. The van der Waals surface area contributed by atoms with Gasteiger partial charge in [-0.2, -0.15) is 0 Å². The van der Waals surface area contributed by atoms with Gasteiger partial charge in [0.15, 0.2) is 0 Å². The summed E-state index contributed by atoms with van der Waals surface area (Å²) in [5, 5.41) is 8.97. The van der Waals surface area contributed by atoms with Gasteiger partial charge in [-0.3, -0.25) is 0 Å². The Hall–Kier alpha value is -0.980. The van der Waals surface area contributed by atoms with Crippen LogP contribution in [0.5, 0.6) is 0 Å². The van der Waals surface area contributed by atoms with Gasteiger partial charge in [-0.1, -0.05) is 13.3 Å². The molecule has 0 amide bonds. The lowest BCUT2D eigenvalue weighted by atomic mass is 10.0. The maximum atomic E-state index is 13.0. The molecule has 0 heterocycles. The Bertz CT molecular complexity index is 525. The third-order valence-electron chi connectivity index (χ3n) is 3.22. The minimum atomic E-state index is -3.64. The second-order valence-electron chi connectivity index (χ2n) is 4.93. The summed E-state index contributed by atoms with van der Waals surface area (Å²) in [7, 11) is -3.64. The molecular formula is C14H22FNO3S. The first-order valence-electron chi connectivity index (χ1n) is 6.77. The zero-order valence-electron chi connectivity index (χ0n) is 11.9. The predicted molar refractivity (Wildman–Crippen MR) is 76.4 cm³/mol. The Labute approximate surface area is 120 Å². The molecule has 1 rings (SSSR count). The fraction of sp³-hybridized carbons (Fsp3) is 0.571. The van der Waals surface area contributed by atoms with Crippen molar-refractivity contribution in [3.8, 4) is 0 Å². The highest BCUT2D eigenvalue weighted by Crippen LogP contribution is 2.17. The summed E-state index contributed by atoms with van der Waals surface area (Å²) in [6.07, 6.45) is 2.35. The van der Waals surface area contributed by atoms with E-state index < -0.39 is 15.8 Å². The molecule has 1 aromatic carbocycles. The van der Waals surface area contributed by atoms with Gasteiger partial charge in [0.2, 0.25) is 10.0 Å². The Morgan fingerprint density at radius 3 is 2.60 bits per heavy atom. The maximum absolute atomic E-state index is 13.0. The van der Waals surface area contributed by atoms with Gasteiger partial charge in [-0.25, -0.2) is 17.5 Å². The first-order valence-corrected chi connectivity index (χ1v) is 8.25. The van der Waals surface area contributed by atoms with E-state index in [2.05, 4.69) is 4.72 Å². The highest BCUT2D eigenvalue weighted by molar-refractivity contribution is 7.89. The minimum absolute atomic E-state index is 0.0436. The van der Waals surface area contributed by atoms with Crippen LogP contribution in [0.15, 0.2) is 23.1 Å². The molecule has 1 aromatic rings. The zero-order valence-corrected chi connectivity index (χ0v) is 12.7. The molecule has 6 heteroatoms. The van der Waals surface area contributed by atoms with Gasteiger partial charge in [0.05, 0.1) is 4.90 Å². The van der Waals surface area contributed by atoms with Gasteiger partial charge in [-0.05, 0) is 49.4 Å². The van der Waals surface area contributed by atoms with E-state index in [9.17, 15) is 12.8 Å². The molecule has 0 spiro atoms. The number of aryl methyl sites for hydroxylation is 1. The second-order valence-corrected chi connectivity index (χ2v) is 6.66. The lowest BCUT2D eigenvalue weighted by Crippen LogP contribution is -2.30. The molecule has 0 saturated carbocycles. The molecule has 0 radical (unpaired) electrons. The standard InChI is InChI=1S/C14H22FNO3S/c1-3-4-12(7-8-17)10-16-20(18,19)14-6-5-13(15)9-11(14)2/h5-6,9,12,16-17H,3-4,7-8,10H2,1-2H3. The number of sulfonamides is 1. The van der Waals surface area contributed by atoms with E-state index >= 15 is 0 Å². The van der Waals surface area contributed by atoms with Crippen molar-refractivity contribution in [3.05, 3.63) is 29.6 Å². The van der Waals surface area contributed by atoms with Crippen LogP contribution in [0.4, 0.5) is 4.39 Å². The van der Waals surface area contributed by atoms with Crippen molar-refractivity contribution in [2.24, 2.45) is 5.92 Å². The van der Waals surface area contributed by atoms with E-state index in [1.54, 1.807) is 6.92 Å². The maximum Gasteiger partial charge on any atom is 0.240 e. The normalized spacial score (nSPS) is 13.4. The van der Waals surface area contributed by atoms with E-state index in [1.165, 1.54) is 12.1 Å². The highest BCUT2D eigenvalue weighted by atomic mass is 32.2. The summed E-state index contributed by atoms with van der Waals surface area (Å²) in [5.74, 6) is -0.342. The number of aliphatic hydroxyl groups is 1. The lowest BCUT2D eigenvalue weighted by molar-refractivity contribution is 0.251. The summed E-state index contributed by atoms with van der Waals surface area (Å²) in [6.45, 7) is 3.91. The number of rotatable bonds is 8. The van der Waals surface area contributed by atoms with Crippen LogP contribution in [0.2, 0.25) is 0 Å². The van der Waals surface area contributed by atoms with Gasteiger partial charge in [-0.15, -0.1) is 0 Å². The molecule has 4 nitrogen and oxygen atoms in total. The molecule has 1 atom stereocenters. The van der Waals surface area contributed by atoms with Gasteiger partial charge in [0.25, 0.3) is 0 Å². The molecule has 2 N–H and O–H groups in total. The number of hydrogen-bond donors (Lipinski definition) is 2. The van der Waals surface area contributed by atoms with Crippen LogP contribution in [-0.4, -0.2) is 26.7 Å². The Balaban J connectivity index is 2.78. The van der Waals surface area contributed by atoms with Crippen LogP contribution < -0.4 is 4.72 Å². The molecular weight excluding hydrogens is 281 g/mol. The molecule has 1 unspecified atom stereocenters. The average Bonchev–Trinajstić information content (AvgIpc) is 2.36. The van der Waals surface area contributed by atoms with E-state index in [4.69, 9.17) is 5.11 Å². The van der Waals surface area contributed by atoms with E-state index in [1.807, 2.05) is 6.92 Å². The van der Waals surface area contributed by atoms with Gasteiger partial charge >= 0.3 is 0 Å². The number of halogens is 1. The van der Waals surface area contributed by atoms with Crippen LogP contribution in [0, 0.1) is 18.7 Å². The molecule has 114 valence electrons. The summed E-state index contributed by atoms with van der Waals surface area (Å²) in [4.78, 5) is 0.0955. The van der Waals surface area contributed by atoms with Crippen molar-refractivity contribution in [1.29, 1.82) is 0 Å². The Morgan fingerprint density at radius 1 is 1.35 bits per heavy atom. The van der Waals surface area contributed by atoms with E-state index in [-0.39, 0.29) is 24.0 Å². The van der Waals surface area contributed by atoms with Crippen LogP contribution >= 0.6 is 0 Å². The van der Waals surface area contributed by atoms with Crippen LogP contribution in [0.3, 0.4) is 0 Å². The minimum Gasteiger partial charge on any atom is -0.396 e. The topological polar surface area (TPSA) is 66.4 Å². The van der Waals surface area contributed by atoms with Gasteiger partial charge in [0, 0.05) is 13.2 Å². The summed E-state index contributed by atoms with van der Waals surface area (Å²) in [6, 6.07) is 3.61. The summed E-state index contributed by atoms with van der Waals surface area (Å²) < 4.78 is 39.9. The van der Waals surface area contributed by atoms with Crippen molar-refractivity contribution in [2.75, 3.05) is 13.2 Å². The summed E-state index contributed by atoms with van der Waals surface area (Å²) >= 11 is 0. The third kappa shape index (κ3) is 4.85. The van der Waals surface area contributed by atoms with Gasteiger partial charge in [0.1, 0.15) is 5.82 Å². The quantitative estimate of drug-likeness (QED) is 0.774. The lowest BCUT2D eigenvalue weighted by Gasteiger charge is -2.16. The molecule has 0 aliphatic carbocycles. The van der Waals surface area contributed by atoms with Crippen molar-refractivity contribution in [2.45, 2.75) is 38.0 Å². The predicted octanol–water partition coefficient (Wildman–Crippen LogP) is 2.21. The first kappa shape index (κ1) is 17.1. The molecule has 0 saturated heterocycles. The average molecular weight is 303 g/mol. The molecule has 0 bridgehead atoms. The second kappa shape index (κ2) is 7.71. The smallest absolute Gasteiger partial charge is 0.240 e. The van der Waals surface area contributed by atoms with E-state index in [0.29, 0.717) is 12.0 Å². The number of aliphatic hydroxyl groups excluding tert-OH is 1. The monoisotopic (exact) mass is 303 g/mol. The van der Waals surface area contributed by atoms with Crippen LogP contribution in [0.25, 0.3) is 0 Å². The molecule has 0 fully saturated rings. The van der Waals surface area contributed by atoms with Crippen molar-refractivity contribution in [1.82, 2.24) is 4.72 Å². The number of hydrogen-bond acceptors (Lipinski definition) is 3. The van der Waals surface area contributed by atoms with Crippen molar-refractivity contribution in [3.63, 3.8) is 0 Å². The largest absolute Gasteiger partial charge is 0.396 e. The van der Waals surface area contributed by atoms with Crippen molar-refractivity contribution < 1.29 is 17.9 Å². The van der Waals surface area contributed by atoms with Crippen LogP contribution in [0.1, 0.15) is 31.7 Å². The van der Waals surface area contributed by atoms with E-state index in [0.717, 1.165) is 18.9 Å². The SMILES string of the molecule is CCCC(CCO)CNS(=O)(=O)c1ccc(F)cc1C. The molecule has 0 aliphatic rings. The molecule has 0 aromatic heterocycles. The van der Waals surface area contributed by atoms with Gasteiger partial charge < -0.3 is 5.11 Å². The Kier molecular flexibility index (Phi) is 6.58. The van der Waals surface area contributed by atoms with Crippen LogP contribution in [-0.2, 0) is 10.0 Å². The molecule has 0 aliphatic heterocycles. The molecule has 20 heavy (non-hydrogen) atoms. The Morgan fingerprint density at radius 2 is 2.05 bits per heavy atom. The summed E-state index contributed by atoms with van der Waals surface area (Å²) in [5.41, 5.74) is 0.381. The fourth-order valence-corrected chi connectivity index (χ4v) is 3.50. The third-order valence-corrected chi connectivity index (χ3v) is 4.81. The number of benzene rings is 1. The fourth-order valence-electron chi connectivity index (χ4n) is 2.16.